The molecular formula is C15H18N4O5S. The summed E-state index contributed by atoms with van der Waals surface area (Å²) in [6, 6.07) is 4.13. The highest BCUT2D eigenvalue weighted by Gasteiger charge is 2.29. The maximum atomic E-state index is 12.8. The standard InChI is InChI=1S/C15H18N4O5S/c1-22-8-14-16-15-11(3-2-6-19(15)17-14)18-25(20,21)10-4-5-12-13(7-10)24-9-23-12/h4-5,7,11,18H,2-3,6,8-9H2,1H3. The van der Waals surface area contributed by atoms with Crippen LogP contribution < -0.4 is 14.2 Å². The van der Waals surface area contributed by atoms with E-state index in [2.05, 4.69) is 14.8 Å². The van der Waals surface area contributed by atoms with Crippen molar-refractivity contribution in [1.82, 2.24) is 19.5 Å². The fourth-order valence-corrected chi connectivity index (χ4v) is 4.24. The van der Waals surface area contributed by atoms with E-state index in [1.54, 1.807) is 17.9 Å². The molecule has 0 radical (unpaired) electrons. The second kappa shape index (κ2) is 6.28. The van der Waals surface area contributed by atoms with Crippen molar-refractivity contribution in [3.05, 3.63) is 29.8 Å². The number of sulfonamides is 1. The molecule has 1 atom stereocenters. The Balaban J connectivity index is 1.60. The molecule has 1 unspecified atom stereocenters. The Kier molecular flexibility index (Phi) is 4.10. The zero-order valence-electron chi connectivity index (χ0n) is 13.6. The lowest BCUT2D eigenvalue weighted by Crippen LogP contribution is -2.33. The van der Waals surface area contributed by atoms with Crippen LogP contribution in [0, 0.1) is 0 Å². The Hall–Kier alpha value is -2.17. The third kappa shape index (κ3) is 3.08. The summed E-state index contributed by atoms with van der Waals surface area (Å²) in [5, 5.41) is 4.35. The van der Waals surface area contributed by atoms with Crippen molar-refractivity contribution in [2.24, 2.45) is 0 Å². The molecule has 1 aromatic heterocycles. The summed E-state index contributed by atoms with van der Waals surface area (Å²) in [5.41, 5.74) is 0. The zero-order chi connectivity index (χ0) is 17.4. The molecule has 10 heteroatoms. The van der Waals surface area contributed by atoms with Crippen molar-refractivity contribution < 1.29 is 22.6 Å². The summed E-state index contributed by atoms with van der Waals surface area (Å²) in [7, 11) is -2.16. The van der Waals surface area contributed by atoms with Crippen molar-refractivity contribution in [2.75, 3.05) is 13.9 Å². The Bertz CT molecular complexity index is 895. The zero-order valence-corrected chi connectivity index (χ0v) is 14.5. The monoisotopic (exact) mass is 366 g/mol. The van der Waals surface area contributed by atoms with Gasteiger partial charge < -0.3 is 14.2 Å². The molecular weight excluding hydrogens is 348 g/mol. The summed E-state index contributed by atoms with van der Waals surface area (Å²) in [5.74, 6) is 2.13. The summed E-state index contributed by atoms with van der Waals surface area (Å²) >= 11 is 0. The van der Waals surface area contributed by atoms with E-state index < -0.39 is 16.1 Å². The highest BCUT2D eigenvalue weighted by Crippen LogP contribution is 2.34. The Morgan fingerprint density at radius 1 is 1.36 bits per heavy atom. The molecule has 2 aromatic rings. The first-order chi connectivity index (χ1) is 12.1. The predicted octanol–water partition coefficient (Wildman–Crippen LogP) is 0.967. The van der Waals surface area contributed by atoms with E-state index in [9.17, 15) is 8.42 Å². The van der Waals surface area contributed by atoms with Crippen LogP contribution in [0.1, 0.15) is 30.5 Å². The average molecular weight is 366 g/mol. The Morgan fingerprint density at radius 2 is 2.20 bits per heavy atom. The SMILES string of the molecule is COCc1nc2n(n1)CCCC2NS(=O)(=O)c1ccc2c(c1)OCO2. The molecule has 0 fully saturated rings. The molecule has 9 nitrogen and oxygen atoms in total. The fraction of sp³-hybridized carbons (Fsp3) is 0.467. The predicted molar refractivity (Wildman–Crippen MR) is 85.6 cm³/mol. The van der Waals surface area contributed by atoms with E-state index in [0.29, 0.717) is 42.7 Å². The number of fused-ring (bicyclic) bond motifs is 2. The van der Waals surface area contributed by atoms with Crippen LogP contribution in [0.4, 0.5) is 0 Å². The van der Waals surface area contributed by atoms with Gasteiger partial charge in [0.15, 0.2) is 17.3 Å². The number of methoxy groups -OCH3 is 1. The van der Waals surface area contributed by atoms with Crippen LogP contribution in [0.15, 0.2) is 23.1 Å². The number of rotatable bonds is 5. The number of aromatic nitrogens is 3. The van der Waals surface area contributed by atoms with Crippen LogP contribution in [0.2, 0.25) is 0 Å². The fourth-order valence-electron chi connectivity index (χ4n) is 3.00. The van der Waals surface area contributed by atoms with Gasteiger partial charge in [0.1, 0.15) is 12.4 Å². The van der Waals surface area contributed by atoms with E-state index in [-0.39, 0.29) is 11.7 Å². The van der Waals surface area contributed by atoms with Crippen LogP contribution in [0.3, 0.4) is 0 Å². The van der Waals surface area contributed by atoms with Gasteiger partial charge in [-0.2, -0.15) is 5.10 Å². The van der Waals surface area contributed by atoms with E-state index in [0.717, 1.165) is 6.42 Å². The highest BCUT2D eigenvalue weighted by molar-refractivity contribution is 7.89. The van der Waals surface area contributed by atoms with Gasteiger partial charge in [0.2, 0.25) is 16.8 Å². The number of aryl methyl sites for hydroxylation is 1. The molecule has 1 aromatic carbocycles. The van der Waals surface area contributed by atoms with Gasteiger partial charge in [0.25, 0.3) is 0 Å². The molecule has 134 valence electrons. The number of benzene rings is 1. The average Bonchev–Trinajstić information content (AvgIpc) is 3.20. The first kappa shape index (κ1) is 16.3. The van der Waals surface area contributed by atoms with Gasteiger partial charge in [-0.05, 0) is 25.0 Å². The molecule has 1 N–H and O–H groups in total. The largest absolute Gasteiger partial charge is 0.454 e. The lowest BCUT2D eigenvalue weighted by atomic mass is 10.1. The van der Waals surface area contributed by atoms with Gasteiger partial charge in [0, 0.05) is 19.7 Å². The summed E-state index contributed by atoms with van der Waals surface area (Å²) in [6.45, 7) is 1.11. The van der Waals surface area contributed by atoms with Crippen molar-refractivity contribution in [3.8, 4) is 11.5 Å². The van der Waals surface area contributed by atoms with Crippen molar-refractivity contribution in [1.29, 1.82) is 0 Å². The number of hydrogen-bond donors (Lipinski definition) is 1. The highest BCUT2D eigenvalue weighted by atomic mass is 32.2. The number of hydrogen-bond acceptors (Lipinski definition) is 7. The van der Waals surface area contributed by atoms with Gasteiger partial charge in [-0.15, -0.1) is 0 Å². The van der Waals surface area contributed by atoms with Crippen molar-refractivity contribution in [2.45, 2.75) is 36.9 Å². The minimum atomic E-state index is -3.73. The third-order valence-electron chi connectivity index (χ3n) is 4.14. The number of nitrogens with zero attached hydrogens (tertiary/aromatic N) is 3. The summed E-state index contributed by atoms with van der Waals surface area (Å²) in [6.07, 6.45) is 1.48. The van der Waals surface area contributed by atoms with Crippen LogP contribution in [0.25, 0.3) is 0 Å². The van der Waals surface area contributed by atoms with Gasteiger partial charge in [0.05, 0.1) is 10.9 Å². The Labute approximate surface area is 145 Å². The minimum absolute atomic E-state index is 0.0975. The lowest BCUT2D eigenvalue weighted by Gasteiger charge is -2.23. The molecule has 3 heterocycles. The van der Waals surface area contributed by atoms with E-state index >= 15 is 0 Å². The maximum absolute atomic E-state index is 12.8. The maximum Gasteiger partial charge on any atom is 0.241 e. The molecule has 2 aliphatic rings. The third-order valence-corrected chi connectivity index (χ3v) is 5.61. The quantitative estimate of drug-likeness (QED) is 0.840. The molecule has 0 amide bonds. The molecule has 0 saturated heterocycles. The molecule has 0 bridgehead atoms. The van der Waals surface area contributed by atoms with E-state index in [1.807, 2.05) is 0 Å². The molecule has 0 spiro atoms. The molecule has 4 rings (SSSR count). The van der Waals surface area contributed by atoms with Crippen LogP contribution in [-0.2, 0) is 27.9 Å². The smallest absolute Gasteiger partial charge is 0.241 e. The number of ether oxygens (including phenoxy) is 3. The number of nitrogens with one attached hydrogen (secondary N) is 1. The molecule has 0 aliphatic carbocycles. The lowest BCUT2D eigenvalue weighted by molar-refractivity contribution is 0.174. The normalized spacial score (nSPS) is 19.0. The second-order valence-corrected chi connectivity index (χ2v) is 7.59. The molecule has 25 heavy (non-hydrogen) atoms. The van der Waals surface area contributed by atoms with Crippen molar-refractivity contribution >= 4 is 10.0 Å². The van der Waals surface area contributed by atoms with Crippen molar-refractivity contribution in [3.63, 3.8) is 0 Å². The molecule has 0 saturated carbocycles. The van der Waals surface area contributed by atoms with Gasteiger partial charge in [-0.1, -0.05) is 0 Å². The minimum Gasteiger partial charge on any atom is -0.454 e. The second-order valence-electron chi connectivity index (χ2n) is 5.87. The molecule has 2 aliphatic heterocycles. The Morgan fingerprint density at radius 3 is 3.04 bits per heavy atom. The first-order valence-corrected chi connectivity index (χ1v) is 9.40. The van der Waals surface area contributed by atoms with E-state index in [4.69, 9.17) is 14.2 Å². The van der Waals surface area contributed by atoms with Gasteiger partial charge in [-0.25, -0.2) is 22.8 Å². The van der Waals surface area contributed by atoms with Crippen LogP contribution >= 0.6 is 0 Å². The van der Waals surface area contributed by atoms with Crippen LogP contribution in [-0.4, -0.2) is 37.1 Å². The summed E-state index contributed by atoms with van der Waals surface area (Å²) in [4.78, 5) is 4.54. The van der Waals surface area contributed by atoms with Gasteiger partial charge in [-0.3, -0.25) is 0 Å². The summed E-state index contributed by atoms with van der Waals surface area (Å²) < 4.78 is 45.5. The van der Waals surface area contributed by atoms with Crippen LogP contribution in [0.5, 0.6) is 11.5 Å². The first-order valence-electron chi connectivity index (χ1n) is 7.91. The van der Waals surface area contributed by atoms with E-state index in [1.165, 1.54) is 12.1 Å². The van der Waals surface area contributed by atoms with Gasteiger partial charge >= 0.3 is 0 Å². The topological polar surface area (TPSA) is 105 Å².